The predicted molar refractivity (Wildman–Crippen MR) is 91.3 cm³/mol. The molecule has 0 heterocycles. The van der Waals surface area contributed by atoms with E-state index in [0.29, 0.717) is 12.0 Å². The summed E-state index contributed by atoms with van der Waals surface area (Å²) in [4.78, 5) is 30.0. The summed E-state index contributed by atoms with van der Waals surface area (Å²) in [7, 11) is 3.06. The van der Waals surface area contributed by atoms with Crippen LogP contribution in [-0.4, -0.2) is 30.9 Å². The monoisotopic (exact) mass is 323 g/mol. The highest BCUT2D eigenvalue weighted by Gasteiger charge is 2.55. The number of hydroxylamine groups is 2. The Morgan fingerprint density at radius 1 is 1.00 bits per heavy atom. The quantitative estimate of drug-likeness (QED) is 0.605. The number of hydrogen-bond donors (Lipinski definition) is 0. The number of amides is 1. The number of Topliss-reactive ketones (excluding diaryl/α,β-unsaturated/α-hetero) is 1. The average molecular weight is 323 g/mol. The Bertz CT molecular complexity index is 714. The van der Waals surface area contributed by atoms with Gasteiger partial charge in [-0.25, -0.2) is 5.06 Å². The van der Waals surface area contributed by atoms with E-state index < -0.39 is 0 Å². The van der Waals surface area contributed by atoms with Crippen LogP contribution in [0, 0.1) is 11.8 Å². The molecular weight excluding hydrogens is 302 g/mol. The van der Waals surface area contributed by atoms with Gasteiger partial charge >= 0.3 is 0 Å². The zero-order valence-electron chi connectivity index (χ0n) is 13.9. The highest BCUT2D eigenvalue weighted by Crippen LogP contribution is 2.57. The summed E-state index contributed by atoms with van der Waals surface area (Å²) in [5.74, 6) is -0.0311. The molecule has 0 aromatic heterocycles. The van der Waals surface area contributed by atoms with E-state index in [2.05, 4.69) is 0 Å². The van der Waals surface area contributed by atoms with E-state index in [1.54, 1.807) is 7.05 Å². The lowest BCUT2D eigenvalue weighted by atomic mass is 10.0. The Balaban J connectivity index is 1.82. The normalized spacial score (nSPS) is 22.0. The van der Waals surface area contributed by atoms with Crippen LogP contribution in [0.3, 0.4) is 0 Å². The first kappa shape index (κ1) is 16.4. The van der Waals surface area contributed by atoms with Crippen molar-refractivity contribution in [3.63, 3.8) is 0 Å². The summed E-state index contributed by atoms with van der Waals surface area (Å²) in [5, 5.41) is 1.23. The van der Waals surface area contributed by atoms with E-state index in [9.17, 15) is 9.59 Å². The van der Waals surface area contributed by atoms with Crippen LogP contribution in [0.2, 0.25) is 0 Å². The smallest absolute Gasteiger partial charge is 0.246 e. The molecule has 4 nitrogen and oxygen atoms in total. The van der Waals surface area contributed by atoms with Gasteiger partial charge in [-0.05, 0) is 17.4 Å². The van der Waals surface area contributed by atoms with Gasteiger partial charge in [0, 0.05) is 24.9 Å². The largest absolute Gasteiger partial charge is 0.294 e. The van der Waals surface area contributed by atoms with Crippen molar-refractivity contribution in [1.82, 2.24) is 5.06 Å². The highest BCUT2D eigenvalue weighted by molar-refractivity contribution is 6.01. The second-order valence-electron chi connectivity index (χ2n) is 6.13. The van der Waals surface area contributed by atoms with Crippen molar-refractivity contribution in [2.75, 3.05) is 14.2 Å². The Morgan fingerprint density at radius 2 is 1.58 bits per heavy atom. The number of carbonyl (C=O) groups excluding carboxylic acids is 2. The molecule has 0 unspecified atom stereocenters. The minimum absolute atomic E-state index is 0.0187. The Kier molecular flexibility index (Phi) is 4.76. The molecule has 0 radical (unpaired) electrons. The van der Waals surface area contributed by atoms with Crippen molar-refractivity contribution in [3.8, 4) is 0 Å². The molecule has 0 spiro atoms. The number of carbonyl (C=O) groups is 2. The molecule has 3 atom stereocenters. The minimum atomic E-state index is -0.149. The summed E-state index contributed by atoms with van der Waals surface area (Å²) in [6, 6.07) is 19.3. The van der Waals surface area contributed by atoms with Crippen LogP contribution >= 0.6 is 0 Å². The van der Waals surface area contributed by atoms with Crippen molar-refractivity contribution >= 4 is 11.7 Å². The summed E-state index contributed by atoms with van der Waals surface area (Å²) in [6.45, 7) is 0. The maximum atomic E-state index is 12.9. The van der Waals surface area contributed by atoms with Gasteiger partial charge in [0.15, 0.2) is 5.78 Å². The first-order valence-electron chi connectivity index (χ1n) is 8.08. The molecule has 1 aliphatic carbocycles. The lowest BCUT2D eigenvalue weighted by Crippen LogP contribution is -2.26. The molecule has 0 saturated heterocycles. The Morgan fingerprint density at radius 3 is 2.17 bits per heavy atom. The van der Waals surface area contributed by atoms with Gasteiger partial charge in [0.05, 0.1) is 7.11 Å². The number of hydrogen-bond acceptors (Lipinski definition) is 3. The van der Waals surface area contributed by atoms with Crippen molar-refractivity contribution in [2.24, 2.45) is 11.8 Å². The van der Waals surface area contributed by atoms with Gasteiger partial charge in [0.25, 0.3) is 0 Å². The number of nitrogens with zero attached hydrogens (tertiary/aromatic N) is 1. The van der Waals surface area contributed by atoms with E-state index in [-0.39, 0.29) is 29.4 Å². The molecule has 24 heavy (non-hydrogen) atoms. The lowest BCUT2D eigenvalue weighted by molar-refractivity contribution is -0.169. The van der Waals surface area contributed by atoms with Gasteiger partial charge in [-0.3, -0.25) is 14.4 Å². The Hall–Kier alpha value is -2.46. The third kappa shape index (κ3) is 3.24. The van der Waals surface area contributed by atoms with E-state index in [1.807, 2.05) is 60.7 Å². The van der Waals surface area contributed by atoms with Crippen LogP contribution in [0.25, 0.3) is 0 Å². The van der Waals surface area contributed by atoms with E-state index in [0.717, 1.165) is 5.56 Å². The summed E-state index contributed by atoms with van der Waals surface area (Å²) < 4.78 is 0. The molecule has 1 amide bonds. The fourth-order valence-corrected chi connectivity index (χ4v) is 3.34. The van der Waals surface area contributed by atoms with Gasteiger partial charge in [0.2, 0.25) is 5.91 Å². The van der Waals surface area contributed by atoms with Gasteiger partial charge in [0.1, 0.15) is 0 Å². The number of rotatable bonds is 6. The maximum absolute atomic E-state index is 12.9. The lowest BCUT2D eigenvalue weighted by Gasteiger charge is -2.13. The summed E-state index contributed by atoms with van der Waals surface area (Å²) in [6.07, 6.45) is 0.313. The molecule has 1 aliphatic rings. The van der Waals surface area contributed by atoms with Gasteiger partial charge in [-0.15, -0.1) is 0 Å². The Labute approximate surface area is 142 Å². The third-order valence-corrected chi connectivity index (χ3v) is 4.75. The van der Waals surface area contributed by atoms with E-state index >= 15 is 0 Å². The van der Waals surface area contributed by atoms with Gasteiger partial charge in [-0.1, -0.05) is 60.7 Å². The van der Waals surface area contributed by atoms with Gasteiger partial charge in [-0.2, -0.15) is 0 Å². The number of ketones is 1. The fourth-order valence-electron chi connectivity index (χ4n) is 3.34. The fraction of sp³-hybridized carbons (Fsp3) is 0.300. The van der Waals surface area contributed by atoms with E-state index in [1.165, 1.54) is 12.2 Å². The summed E-state index contributed by atoms with van der Waals surface area (Å²) >= 11 is 0. The van der Waals surface area contributed by atoms with Crippen molar-refractivity contribution in [1.29, 1.82) is 0 Å². The van der Waals surface area contributed by atoms with Gasteiger partial charge < -0.3 is 0 Å². The third-order valence-electron chi connectivity index (χ3n) is 4.75. The predicted octanol–water partition coefficient (Wildman–Crippen LogP) is 3.31. The molecule has 0 aliphatic heterocycles. The van der Waals surface area contributed by atoms with Crippen LogP contribution in [-0.2, 0) is 9.63 Å². The molecular formula is C20H21NO3. The first-order chi connectivity index (χ1) is 11.6. The molecule has 2 aromatic rings. The SMILES string of the molecule is CON(C)C(=O)C[C@@H]1[C@@H](C(=O)c2ccccc2)[C@@H]1c1ccccc1. The van der Waals surface area contributed by atoms with Crippen LogP contribution < -0.4 is 0 Å². The molecule has 1 saturated carbocycles. The second-order valence-corrected chi connectivity index (χ2v) is 6.13. The molecule has 0 bridgehead atoms. The van der Waals surface area contributed by atoms with Crippen LogP contribution in [0.4, 0.5) is 0 Å². The maximum Gasteiger partial charge on any atom is 0.246 e. The summed E-state index contributed by atoms with van der Waals surface area (Å²) in [5.41, 5.74) is 1.82. The zero-order chi connectivity index (χ0) is 17.1. The van der Waals surface area contributed by atoms with Crippen LogP contribution in [0.15, 0.2) is 60.7 Å². The standard InChI is InChI=1S/C20H21NO3/c1-21(24-2)17(22)13-16-18(14-9-5-3-6-10-14)19(16)20(23)15-11-7-4-8-12-15/h3-12,16,18-19H,13H2,1-2H3/t16-,18+,19+/m0/s1. The number of benzene rings is 2. The molecule has 124 valence electrons. The molecule has 2 aromatic carbocycles. The van der Waals surface area contributed by atoms with Crippen molar-refractivity contribution < 1.29 is 14.4 Å². The zero-order valence-corrected chi connectivity index (χ0v) is 13.9. The van der Waals surface area contributed by atoms with Crippen molar-refractivity contribution in [3.05, 3.63) is 71.8 Å². The average Bonchev–Trinajstić information content (AvgIpc) is 3.35. The molecule has 0 N–H and O–H groups in total. The van der Waals surface area contributed by atoms with Crippen molar-refractivity contribution in [2.45, 2.75) is 12.3 Å². The van der Waals surface area contributed by atoms with Crippen LogP contribution in [0.5, 0.6) is 0 Å². The molecule has 1 fully saturated rings. The van der Waals surface area contributed by atoms with Crippen LogP contribution in [0.1, 0.15) is 28.3 Å². The second kappa shape index (κ2) is 6.97. The van der Waals surface area contributed by atoms with E-state index in [4.69, 9.17) is 4.84 Å². The highest BCUT2D eigenvalue weighted by atomic mass is 16.7. The minimum Gasteiger partial charge on any atom is -0.294 e. The molecule has 4 heteroatoms. The topological polar surface area (TPSA) is 46.6 Å². The molecule has 3 rings (SSSR count). The first-order valence-corrected chi connectivity index (χ1v) is 8.08.